The zero-order chi connectivity index (χ0) is 10.4. The van der Waals surface area contributed by atoms with Crippen molar-refractivity contribution in [2.75, 3.05) is 11.6 Å². The number of rotatable bonds is 5. The molecule has 0 nitrogen and oxygen atoms in total. The molecule has 0 heterocycles. The molecule has 0 unspecified atom stereocenters. The molecule has 78 valence electrons. The Balaban J connectivity index is 2.42. The maximum Gasteiger partial charge on any atom is 0.127 e. The molecule has 0 aliphatic rings. The summed E-state index contributed by atoms with van der Waals surface area (Å²) in [4.78, 5) is 0.636. The molecule has 0 saturated carbocycles. The van der Waals surface area contributed by atoms with Gasteiger partial charge < -0.3 is 0 Å². The lowest BCUT2D eigenvalue weighted by molar-refractivity contribution is 0.577. The summed E-state index contributed by atoms with van der Waals surface area (Å²) in [6.07, 6.45) is 1.90. The second kappa shape index (κ2) is 6.25. The third-order valence-electron chi connectivity index (χ3n) is 1.63. The van der Waals surface area contributed by atoms with E-state index >= 15 is 0 Å². The van der Waals surface area contributed by atoms with Crippen molar-refractivity contribution in [3.05, 3.63) is 29.8 Å². The van der Waals surface area contributed by atoms with Crippen LogP contribution in [-0.2, 0) is 0 Å². The summed E-state index contributed by atoms with van der Waals surface area (Å²) < 4.78 is 25.5. The van der Waals surface area contributed by atoms with Crippen molar-refractivity contribution in [3.8, 4) is 0 Å². The number of alkyl halides is 1. The van der Waals surface area contributed by atoms with E-state index in [1.54, 1.807) is 0 Å². The Hall–Kier alpha value is -0.280. The molecule has 0 saturated heterocycles. The Labute approximate surface area is 91.6 Å². The largest absolute Gasteiger partial charge is 0.207 e. The highest BCUT2D eigenvalue weighted by Crippen LogP contribution is 2.21. The molecule has 4 heteroatoms. The molecule has 1 aromatic rings. The molecule has 0 amide bonds. The molecule has 14 heavy (non-hydrogen) atoms. The number of halogens is 3. The highest BCUT2D eigenvalue weighted by Gasteiger charge is 2.00. The van der Waals surface area contributed by atoms with E-state index in [0.717, 1.165) is 24.7 Å². The Morgan fingerprint density at radius 2 is 1.71 bits per heavy atom. The van der Waals surface area contributed by atoms with E-state index in [-0.39, 0.29) is 0 Å². The Bertz CT molecular complexity index is 271. The summed E-state index contributed by atoms with van der Waals surface area (Å²) in [5, 5.41) is 0. The minimum absolute atomic E-state index is 0.523. The average molecular weight is 237 g/mol. The molecule has 0 radical (unpaired) electrons. The first kappa shape index (κ1) is 11.8. The molecular formula is C10H11ClF2S. The van der Waals surface area contributed by atoms with Crippen LogP contribution in [-0.4, -0.2) is 11.6 Å². The summed E-state index contributed by atoms with van der Waals surface area (Å²) >= 11 is 6.95. The van der Waals surface area contributed by atoms with Crippen molar-refractivity contribution in [2.24, 2.45) is 0 Å². The van der Waals surface area contributed by atoms with Gasteiger partial charge in [-0.25, -0.2) is 8.78 Å². The van der Waals surface area contributed by atoms with Gasteiger partial charge in [0.1, 0.15) is 11.6 Å². The van der Waals surface area contributed by atoms with Crippen LogP contribution in [0.3, 0.4) is 0 Å². The predicted molar refractivity (Wildman–Crippen MR) is 57.0 cm³/mol. The van der Waals surface area contributed by atoms with Crippen molar-refractivity contribution < 1.29 is 8.78 Å². The van der Waals surface area contributed by atoms with E-state index in [0.29, 0.717) is 10.8 Å². The molecule has 0 bridgehead atoms. The van der Waals surface area contributed by atoms with E-state index in [4.69, 9.17) is 11.6 Å². The second-order valence-electron chi connectivity index (χ2n) is 2.85. The number of hydrogen-bond acceptors (Lipinski definition) is 1. The van der Waals surface area contributed by atoms with Gasteiger partial charge in [-0.2, -0.15) is 0 Å². The van der Waals surface area contributed by atoms with Gasteiger partial charge in [0.2, 0.25) is 0 Å². The number of benzene rings is 1. The fourth-order valence-corrected chi connectivity index (χ4v) is 2.16. The van der Waals surface area contributed by atoms with E-state index in [2.05, 4.69) is 0 Å². The highest BCUT2D eigenvalue weighted by molar-refractivity contribution is 7.99. The van der Waals surface area contributed by atoms with E-state index < -0.39 is 11.6 Å². The quantitative estimate of drug-likeness (QED) is 0.422. The lowest BCUT2D eigenvalue weighted by Crippen LogP contribution is -1.85. The number of hydrogen-bond donors (Lipinski definition) is 0. The normalized spacial score (nSPS) is 10.5. The van der Waals surface area contributed by atoms with Crippen LogP contribution >= 0.6 is 23.4 Å². The van der Waals surface area contributed by atoms with Gasteiger partial charge in [0, 0.05) is 16.8 Å². The molecule has 0 N–H and O–H groups in total. The van der Waals surface area contributed by atoms with Gasteiger partial charge >= 0.3 is 0 Å². The van der Waals surface area contributed by atoms with Crippen molar-refractivity contribution in [3.63, 3.8) is 0 Å². The monoisotopic (exact) mass is 236 g/mol. The first-order valence-electron chi connectivity index (χ1n) is 4.37. The van der Waals surface area contributed by atoms with E-state index in [1.165, 1.54) is 23.9 Å². The molecule has 0 aromatic heterocycles. The van der Waals surface area contributed by atoms with Crippen LogP contribution in [0.15, 0.2) is 23.1 Å². The van der Waals surface area contributed by atoms with Crippen LogP contribution < -0.4 is 0 Å². The van der Waals surface area contributed by atoms with Crippen molar-refractivity contribution >= 4 is 23.4 Å². The summed E-state index contributed by atoms with van der Waals surface area (Å²) in [6.45, 7) is 0. The van der Waals surface area contributed by atoms with Crippen molar-refractivity contribution in [2.45, 2.75) is 17.7 Å². The van der Waals surface area contributed by atoms with Crippen LogP contribution in [0.25, 0.3) is 0 Å². The fraction of sp³-hybridized carbons (Fsp3) is 0.400. The molecule has 0 atom stereocenters. The minimum Gasteiger partial charge on any atom is -0.207 e. The smallest absolute Gasteiger partial charge is 0.127 e. The SMILES string of the molecule is Fc1cc(F)cc(SCCCCCl)c1. The maximum absolute atomic E-state index is 12.7. The Morgan fingerprint density at radius 1 is 1.07 bits per heavy atom. The highest BCUT2D eigenvalue weighted by atomic mass is 35.5. The number of thioether (sulfide) groups is 1. The molecule has 0 spiro atoms. The molecule has 0 aliphatic heterocycles. The first-order chi connectivity index (χ1) is 6.72. The summed E-state index contributed by atoms with van der Waals surface area (Å²) in [6, 6.07) is 3.56. The van der Waals surface area contributed by atoms with Crippen LogP contribution in [0.2, 0.25) is 0 Å². The van der Waals surface area contributed by atoms with Gasteiger partial charge in [0.25, 0.3) is 0 Å². The van der Waals surface area contributed by atoms with Crippen LogP contribution in [0.1, 0.15) is 12.8 Å². The van der Waals surface area contributed by atoms with Gasteiger partial charge in [0.05, 0.1) is 0 Å². The van der Waals surface area contributed by atoms with Gasteiger partial charge in [-0.15, -0.1) is 23.4 Å². The molecule has 0 aliphatic carbocycles. The summed E-state index contributed by atoms with van der Waals surface area (Å²) in [5.41, 5.74) is 0. The minimum atomic E-state index is -0.523. The zero-order valence-corrected chi connectivity index (χ0v) is 9.18. The van der Waals surface area contributed by atoms with E-state index in [1.807, 2.05) is 0 Å². The van der Waals surface area contributed by atoms with Gasteiger partial charge in [-0.05, 0) is 30.7 Å². The standard InChI is InChI=1S/C10H11ClF2S/c11-3-1-2-4-14-10-6-8(12)5-9(13)7-10/h5-7H,1-4H2. The molecule has 0 fully saturated rings. The van der Waals surface area contributed by atoms with Crippen molar-refractivity contribution in [1.82, 2.24) is 0 Å². The van der Waals surface area contributed by atoms with Gasteiger partial charge in [0.15, 0.2) is 0 Å². The van der Waals surface area contributed by atoms with Crippen LogP contribution in [0.5, 0.6) is 0 Å². The summed E-state index contributed by atoms with van der Waals surface area (Å²) in [5.74, 6) is 0.433. The maximum atomic E-state index is 12.7. The molecule has 1 rings (SSSR count). The van der Waals surface area contributed by atoms with Crippen LogP contribution in [0.4, 0.5) is 8.78 Å². The first-order valence-corrected chi connectivity index (χ1v) is 5.89. The predicted octanol–water partition coefficient (Wildman–Crippen LogP) is 4.08. The average Bonchev–Trinajstić information content (AvgIpc) is 2.11. The second-order valence-corrected chi connectivity index (χ2v) is 4.40. The van der Waals surface area contributed by atoms with Gasteiger partial charge in [-0.3, -0.25) is 0 Å². The Morgan fingerprint density at radius 3 is 2.29 bits per heavy atom. The topological polar surface area (TPSA) is 0 Å². The molecular weight excluding hydrogens is 226 g/mol. The zero-order valence-electron chi connectivity index (χ0n) is 7.60. The van der Waals surface area contributed by atoms with Crippen LogP contribution in [0, 0.1) is 11.6 Å². The van der Waals surface area contributed by atoms with Gasteiger partial charge in [-0.1, -0.05) is 0 Å². The third kappa shape index (κ3) is 4.29. The lowest BCUT2D eigenvalue weighted by Gasteiger charge is -2.01. The number of unbranched alkanes of at least 4 members (excludes halogenated alkanes) is 1. The van der Waals surface area contributed by atoms with Crippen molar-refractivity contribution in [1.29, 1.82) is 0 Å². The van der Waals surface area contributed by atoms with E-state index in [9.17, 15) is 8.78 Å². The summed E-state index contributed by atoms with van der Waals surface area (Å²) in [7, 11) is 0. The lowest BCUT2D eigenvalue weighted by atomic mass is 10.3. The molecule has 1 aromatic carbocycles. The Kier molecular flexibility index (Phi) is 5.26. The third-order valence-corrected chi connectivity index (χ3v) is 2.96. The fourth-order valence-electron chi connectivity index (χ4n) is 0.998.